The van der Waals surface area contributed by atoms with Crippen LogP contribution in [-0.2, 0) is 9.47 Å². The van der Waals surface area contributed by atoms with Crippen LogP contribution in [-0.4, -0.2) is 41.0 Å². The lowest BCUT2D eigenvalue weighted by Gasteiger charge is -2.39. The molecule has 0 amide bonds. The molecule has 0 aromatic rings. The molecule has 5 nitrogen and oxygen atoms in total. The van der Waals surface area contributed by atoms with Gasteiger partial charge in [0.1, 0.15) is 6.04 Å². The molecule has 0 saturated carbocycles. The molecule has 0 rings (SSSR count). The van der Waals surface area contributed by atoms with Gasteiger partial charge in [0, 0.05) is 13.2 Å². The van der Waals surface area contributed by atoms with Gasteiger partial charge in [-0.3, -0.25) is 0 Å². The van der Waals surface area contributed by atoms with Gasteiger partial charge in [-0.15, -0.1) is 0 Å². The summed E-state index contributed by atoms with van der Waals surface area (Å²) in [6, 6.07) is -1.24. The van der Waals surface area contributed by atoms with E-state index in [0.717, 1.165) is 12.2 Å². The van der Waals surface area contributed by atoms with Crippen molar-refractivity contribution in [2.45, 2.75) is 31.5 Å². The van der Waals surface area contributed by atoms with Crippen LogP contribution in [0.2, 0.25) is 0 Å². The number of aliphatic hydroxyl groups is 2. The van der Waals surface area contributed by atoms with E-state index in [9.17, 15) is 10.2 Å². The predicted octanol–water partition coefficient (Wildman–Crippen LogP) is 0.136. The van der Waals surface area contributed by atoms with Crippen LogP contribution in [0.5, 0.6) is 0 Å². The van der Waals surface area contributed by atoms with Gasteiger partial charge in [-0.1, -0.05) is 13.2 Å². The van der Waals surface area contributed by atoms with Crippen molar-refractivity contribution in [1.82, 2.24) is 0 Å². The van der Waals surface area contributed by atoms with Crippen LogP contribution in [0.15, 0.2) is 25.3 Å². The van der Waals surface area contributed by atoms with Gasteiger partial charge in [-0.25, -0.2) is 0 Å². The first-order valence-corrected chi connectivity index (χ1v) is 5.15. The van der Waals surface area contributed by atoms with Crippen molar-refractivity contribution in [2.24, 2.45) is 5.73 Å². The van der Waals surface area contributed by atoms with Crippen molar-refractivity contribution in [3.63, 3.8) is 0 Å². The Morgan fingerprint density at radius 1 is 1.12 bits per heavy atom. The van der Waals surface area contributed by atoms with Crippen LogP contribution >= 0.6 is 0 Å². The van der Waals surface area contributed by atoms with E-state index in [1.54, 1.807) is 13.8 Å². The minimum absolute atomic E-state index is 0.218. The molecule has 16 heavy (non-hydrogen) atoms. The fourth-order valence-electron chi connectivity index (χ4n) is 1.31. The normalized spacial score (nSPS) is 20.6. The Morgan fingerprint density at radius 3 is 1.62 bits per heavy atom. The molecule has 0 aliphatic carbocycles. The fraction of sp³-hybridized carbons (Fsp3) is 0.636. The molecule has 0 radical (unpaired) electrons. The molecule has 2 unspecified atom stereocenters. The largest absolute Gasteiger partial charge is 0.361 e. The highest BCUT2D eigenvalue weighted by Crippen LogP contribution is 2.24. The molecule has 0 aromatic carbocycles. The second kappa shape index (κ2) is 6.12. The maximum atomic E-state index is 10.0. The summed E-state index contributed by atoms with van der Waals surface area (Å²) in [6.07, 6.45) is 2.24. The van der Waals surface area contributed by atoms with Gasteiger partial charge in [0.25, 0.3) is 0 Å². The zero-order valence-corrected chi connectivity index (χ0v) is 9.85. The molecule has 0 bridgehead atoms. The van der Waals surface area contributed by atoms with Crippen LogP contribution < -0.4 is 5.73 Å². The van der Waals surface area contributed by atoms with Crippen LogP contribution in [0.3, 0.4) is 0 Å². The van der Waals surface area contributed by atoms with E-state index in [4.69, 9.17) is 15.2 Å². The summed E-state index contributed by atoms with van der Waals surface area (Å²) in [7, 11) is 0. The SMILES string of the molecule is C=CC(O)(OCC)C(N)C(O)(C=C)OCC. The van der Waals surface area contributed by atoms with Crippen molar-refractivity contribution in [3.05, 3.63) is 25.3 Å². The quantitative estimate of drug-likeness (QED) is 0.408. The Labute approximate surface area is 96.2 Å². The van der Waals surface area contributed by atoms with Gasteiger partial charge in [-0.2, -0.15) is 0 Å². The first kappa shape index (κ1) is 15.3. The lowest BCUT2D eigenvalue weighted by Crippen LogP contribution is -2.62. The highest BCUT2D eigenvalue weighted by molar-refractivity contribution is 5.08. The van der Waals surface area contributed by atoms with Crippen molar-refractivity contribution < 1.29 is 19.7 Å². The number of rotatable bonds is 8. The Morgan fingerprint density at radius 2 is 1.44 bits per heavy atom. The van der Waals surface area contributed by atoms with Gasteiger partial charge in [0.2, 0.25) is 11.6 Å². The number of nitrogens with two attached hydrogens (primary N) is 1. The zero-order valence-electron chi connectivity index (χ0n) is 9.85. The molecular formula is C11H21NO4. The van der Waals surface area contributed by atoms with Gasteiger partial charge in [0.05, 0.1) is 0 Å². The summed E-state index contributed by atoms with van der Waals surface area (Å²) in [5.41, 5.74) is 5.73. The third-order valence-corrected chi connectivity index (χ3v) is 2.23. The molecule has 0 aromatic heterocycles. The lowest BCUT2D eigenvalue weighted by atomic mass is 9.98. The highest BCUT2D eigenvalue weighted by Gasteiger charge is 2.46. The van der Waals surface area contributed by atoms with Crippen LogP contribution in [0.4, 0.5) is 0 Å². The average molecular weight is 231 g/mol. The maximum Gasteiger partial charge on any atom is 0.206 e. The van der Waals surface area contributed by atoms with Gasteiger partial charge in [0.15, 0.2) is 0 Å². The van der Waals surface area contributed by atoms with Crippen molar-refractivity contribution >= 4 is 0 Å². The van der Waals surface area contributed by atoms with E-state index < -0.39 is 17.6 Å². The summed E-state index contributed by atoms with van der Waals surface area (Å²) in [5, 5.41) is 20.1. The third kappa shape index (κ3) is 3.13. The molecule has 4 N–H and O–H groups in total. The standard InChI is InChI=1S/C11H21NO4/c1-5-10(13,15-7-3)9(12)11(14,6-2)16-8-4/h5-6,9,13-14H,1-2,7-8,12H2,3-4H3. The molecule has 0 heterocycles. The topological polar surface area (TPSA) is 84.9 Å². The minimum Gasteiger partial charge on any atom is -0.361 e. The van der Waals surface area contributed by atoms with Crippen molar-refractivity contribution in [1.29, 1.82) is 0 Å². The first-order valence-electron chi connectivity index (χ1n) is 5.15. The van der Waals surface area contributed by atoms with E-state index in [1.165, 1.54) is 0 Å². The maximum absolute atomic E-state index is 10.0. The molecule has 0 spiro atoms. The Balaban J connectivity index is 5.02. The Hall–Kier alpha value is -0.720. The van der Waals surface area contributed by atoms with Gasteiger partial charge < -0.3 is 25.4 Å². The fourth-order valence-corrected chi connectivity index (χ4v) is 1.31. The molecule has 0 aliphatic heterocycles. The summed E-state index contributed by atoms with van der Waals surface area (Å²) >= 11 is 0. The first-order chi connectivity index (χ1) is 7.40. The summed E-state index contributed by atoms with van der Waals surface area (Å²) in [4.78, 5) is 0. The molecule has 0 aliphatic rings. The van der Waals surface area contributed by atoms with Crippen molar-refractivity contribution in [3.8, 4) is 0 Å². The Bertz CT molecular complexity index is 222. The minimum atomic E-state index is -1.87. The molecule has 0 fully saturated rings. The molecule has 94 valence electrons. The second-order valence-corrected chi connectivity index (χ2v) is 3.26. The number of hydrogen-bond acceptors (Lipinski definition) is 5. The van der Waals surface area contributed by atoms with E-state index in [2.05, 4.69) is 13.2 Å². The summed E-state index contributed by atoms with van der Waals surface area (Å²) < 4.78 is 10.1. The monoisotopic (exact) mass is 231 g/mol. The van der Waals surface area contributed by atoms with Crippen molar-refractivity contribution in [2.75, 3.05) is 13.2 Å². The molecule has 2 atom stereocenters. The van der Waals surface area contributed by atoms with Crippen LogP contribution in [0, 0.1) is 0 Å². The lowest BCUT2D eigenvalue weighted by molar-refractivity contribution is -0.261. The molecular weight excluding hydrogens is 210 g/mol. The Kier molecular flexibility index (Phi) is 5.85. The zero-order chi connectivity index (χ0) is 12.8. The smallest absolute Gasteiger partial charge is 0.206 e. The summed E-state index contributed by atoms with van der Waals surface area (Å²) in [5.74, 6) is -3.74. The van der Waals surface area contributed by atoms with Crippen LogP contribution in [0.1, 0.15) is 13.8 Å². The van der Waals surface area contributed by atoms with E-state index in [-0.39, 0.29) is 13.2 Å². The second-order valence-electron chi connectivity index (χ2n) is 3.26. The van der Waals surface area contributed by atoms with E-state index >= 15 is 0 Å². The number of hydrogen-bond donors (Lipinski definition) is 3. The average Bonchev–Trinajstić information content (AvgIpc) is 2.28. The van der Waals surface area contributed by atoms with E-state index in [1.807, 2.05) is 0 Å². The molecule has 5 heteroatoms. The number of ether oxygens (including phenoxy) is 2. The van der Waals surface area contributed by atoms with E-state index in [0.29, 0.717) is 0 Å². The third-order valence-electron chi connectivity index (χ3n) is 2.23. The molecule has 0 saturated heterocycles. The highest BCUT2D eigenvalue weighted by atomic mass is 16.6. The predicted molar refractivity (Wildman–Crippen MR) is 61.5 cm³/mol. The van der Waals surface area contributed by atoms with Gasteiger partial charge >= 0.3 is 0 Å². The van der Waals surface area contributed by atoms with Gasteiger partial charge in [-0.05, 0) is 26.0 Å². The summed E-state index contributed by atoms with van der Waals surface area (Å²) in [6.45, 7) is 10.7. The van der Waals surface area contributed by atoms with Crippen LogP contribution in [0.25, 0.3) is 0 Å².